The molecular weight excluding hydrogens is 272 g/mol. The molecular formula is C10H7BrN4O. The third kappa shape index (κ3) is 2.18. The van der Waals surface area contributed by atoms with Gasteiger partial charge in [-0.25, -0.2) is 0 Å². The highest BCUT2D eigenvalue weighted by Gasteiger charge is 2.22. The Hall–Kier alpha value is -1.92. The number of methoxy groups -OCH3 is 1. The molecule has 1 aliphatic carbocycles. The lowest BCUT2D eigenvalue weighted by molar-refractivity contribution is 0.315. The Kier molecular flexibility index (Phi) is 3.98. The van der Waals surface area contributed by atoms with Crippen molar-refractivity contribution in [1.82, 2.24) is 0 Å². The molecule has 0 amide bonds. The zero-order valence-electron chi connectivity index (χ0n) is 8.65. The van der Waals surface area contributed by atoms with Crippen LogP contribution < -0.4 is 0 Å². The van der Waals surface area contributed by atoms with Crippen molar-refractivity contribution >= 4 is 27.4 Å². The van der Waals surface area contributed by atoms with Gasteiger partial charge in [0.25, 0.3) is 0 Å². The molecule has 6 heteroatoms. The monoisotopic (exact) mass is 278 g/mol. The highest BCUT2D eigenvalue weighted by molar-refractivity contribution is 9.12. The van der Waals surface area contributed by atoms with E-state index < -0.39 is 0 Å². The van der Waals surface area contributed by atoms with Gasteiger partial charge >= 0.3 is 0 Å². The average molecular weight is 279 g/mol. The van der Waals surface area contributed by atoms with E-state index in [1.807, 2.05) is 0 Å². The van der Waals surface area contributed by atoms with Gasteiger partial charge in [0.15, 0.2) is 0 Å². The van der Waals surface area contributed by atoms with Gasteiger partial charge < -0.3 is 4.74 Å². The summed E-state index contributed by atoms with van der Waals surface area (Å²) in [6, 6.07) is 0. The van der Waals surface area contributed by atoms with Crippen molar-refractivity contribution in [3.63, 3.8) is 0 Å². The molecule has 16 heavy (non-hydrogen) atoms. The van der Waals surface area contributed by atoms with Gasteiger partial charge in [-0.05, 0) is 28.4 Å². The molecule has 0 aromatic carbocycles. The number of allylic oxidation sites excluding steroid dienone is 3. The molecule has 5 nitrogen and oxygen atoms in total. The number of halogens is 1. The topological polar surface area (TPSA) is 81.5 Å². The normalized spacial score (nSPS) is 20.4. The SMILES string of the molecule is COC1=CC(=NC#N)C(C)=C(Br)C1=NC#N. The van der Waals surface area contributed by atoms with E-state index in [1.54, 1.807) is 25.4 Å². The standard InChI is InChI=1S/C10H7BrN4O/c1-6-7(14-4-12)3-8(16-2)10(9(6)11)15-5-13/h3H,1-2H3. The number of nitriles is 2. The molecule has 0 radical (unpaired) electrons. The fraction of sp³-hybridized carbons (Fsp3) is 0.200. The summed E-state index contributed by atoms with van der Waals surface area (Å²) in [5, 5.41) is 17.1. The Bertz CT molecular complexity index is 514. The van der Waals surface area contributed by atoms with Gasteiger partial charge in [-0.3, -0.25) is 0 Å². The van der Waals surface area contributed by atoms with Crippen LogP contribution in [0.15, 0.2) is 31.9 Å². The van der Waals surface area contributed by atoms with E-state index in [4.69, 9.17) is 15.3 Å². The van der Waals surface area contributed by atoms with Gasteiger partial charge in [0, 0.05) is 6.08 Å². The maximum absolute atomic E-state index is 8.56. The van der Waals surface area contributed by atoms with Crippen LogP contribution in [0.25, 0.3) is 0 Å². The van der Waals surface area contributed by atoms with E-state index in [0.717, 1.165) is 5.57 Å². The summed E-state index contributed by atoms with van der Waals surface area (Å²) in [6.45, 7) is 1.77. The molecule has 0 bridgehead atoms. The van der Waals surface area contributed by atoms with Crippen LogP contribution in [0.5, 0.6) is 0 Å². The van der Waals surface area contributed by atoms with Crippen LogP contribution in [-0.4, -0.2) is 18.5 Å². The van der Waals surface area contributed by atoms with Crippen LogP contribution in [0, 0.1) is 22.9 Å². The van der Waals surface area contributed by atoms with Gasteiger partial charge in [-0.1, -0.05) is 0 Å². The predicted octanol–water partition coefficient (Wildman–Crippen LogP) is 2.04. The van der Waals surface area contributed by atoms with Gasteiger partial charge in [0.05, 0.1) is 17.3 Å². The van der Waals surface area contributed by atoms with Gasteiger partial charge in [0.2, 0.25) is 12.4 Å². The van der Waals surface area contributed by atoms with E-state index in [2.05, 4.69) is 25.9 Å². The summed E-state index contributed by atoms with van der Waals surface area (Å²) in [5.74, 6) is 0.396. The lowest BCUT2D eigenvalue weighted by atomic mass is 10.0. The molecule has 0 saturated carbocycles. The second kappa shape index (κ2) is 5.24. The van der Waals surface area contributed by atoms with Crippen molar-refractivity contribution in [3.05, 3.63) is 21.9 Å². The van der Waals surface area contributed by atoms with Crippen LogP contribution in [-0.2, 0) is 4.74 Å². The van der Waals surface area contributed by atoms with E-state index in [9.17, 15) is 0 Å². The molecule has 1 aliphatic rings. The van der Waals surface area contributed by atoms with E-state index >= 15 is 0 Å². The van der Waals surface area contributed by atoms with Crippen molar-refractivity contribution < 1.29 is 4.74 Å². The highest BCUT2D eigenvalue weighted by atomic mass is 79.9. The van der Waals surface area contributed by atoms with Crippen molar-refractivity contribution in [2.45, 2.75) is 6.92 Å². The summed E-state index contributed by atoms with van der Waals surface area (Å²) in [4.78, 5) is 7.30. The van der Waals surface area contributed by atoms with Crippen LogP contribution in [0.1, 0.15) is 6.92 Å². The maximum atomic E-state index is 8.56. The number of rotatable bonds is 1. The Labute approximate surface area is 101 Å². The summed E-state index contributed by atoms with van der Waals surface area (Å²) in [6.07, 6.45) is 4.97. The quantitative estimate of drug-likeness (QED) is 0.544. The molecule has 0 spiro atoms. The molecule has 0 N–H and O–H groups in total. The smallest absolute Gasteiger partial charge is 0.206 e. The van der Waals surface area contributed by atoms with Crippen molar-refractivity contribution in [2.75, 3.05) is 7.11 Å². The fourth-order valence-electron chi connectivity index (χ4n) is 1.18. The second-order valence-corrected chi connectivity index (χ2v) is 3.60. The van der Waals surface area contributed by atoms with Crippen LogP contribution in [0.2, 0.25) is 0 Å². The zero-order valence-corrected chi connectivity index (χ0v) is 10.2. The average Bonchev–Trinajstić information content (AvgIpc) is 2.29. The van der Waals surface area contributed by atoms with Gasteiger partial charge in [0.1, 0.15) is 11.5 Å². The van der Waals surface area contributed by atoms with Crippen LogP contribution in [0.4, 0.5) is 0 Å². The molecule has 80 valence electrons. The first-order valence-corrected chi connectivity index (χ1v) is 5.01. The number of nitrogens with zero attached hydrogens (tertiary/aromatic N) is 4. The number of hydrogen-bond donors (Lipinski definition) is 0. The van der Waals surface area contributed by atoms with Gasteiger partial charge in [-0.2, -0.15) is 20.5 Å². The minimum atomic E-state index is 0.396. The maximum Gasteiger partial charge on any atom is 0.206 e. The summed E-state index contributed by atoms with van der Waals surface area (Å²) in [7, 11) is 1.46. The molecule has 0 aromatic rings. The largest absolute Gasteiger partial charge is 0.494 e. The minimum Gasteiger partial charge on any atom is -0.494 e. The lowest BCUT2D eigenvalue weighted by Crippen LogP contribution is -2.16. The fourth-order valence-corrected chi connectivity index (χ4v) is 1.67. The number of aliphatic imine (C=N–C) groups is 2. The molecule has 0 aromatic heterocycles. The third-order valence-electron chi connectivity index (χ3n) is 1.97. The highest BCUT2D eigenvalue weighted by Crippen LogP contribution is 2.25. The van der Waals surface area contributed by atoms with Crippen molar-refractivity contribution in [1.29, 1.82) is 10.5 Å². The van der Waals surface area contributed by atoms with E-state index in [0.29, 0.717) is 21.7 Å². The first kappa shape index (κ1) is 12.2. The molecule has 0 unspecified atom stereocenters. The van der Waals surface area contributed by atoms with E-state index in [1.165, 1.54) is 7.11 Å². The zero-order chi connectivity index (χ0) is 12.1. The first-order chi connectivity index (χ1) is 7.65. The molecule has 0 aliphatic heterocycles. The molecule has 0 saturated heterocycles. The predicted molar refractivity (Wildman–Crippen MR) is 62.8 cm³/mol. The number of ether oxygens (including phenoxy) is 1. The molecule has 0 heterocycles. The third-order valence-corrected chi connectivity index (χ3v) is 2.95. The summed E-state index contributed by atoms with van der Waals surface area (Å²) < 4.78 is 5.68. The van der Waals surface area contributed by atoms with E-state index in [-0.39, 0.29) is 0 Å². The summed E-state index contributed by atoms with van der Waals surface area (Å²) >= 11 is 3.30. The first-order valence-electron chi connectivity index (χ1n) is 4.22. The minimum absolute atomic E-state index is 0.396. The Morgan fingerprint density at radius 3 is 2.44 bits per heavy atom. The Balaban J connectivity index is 3.38. The van der Waals surface area contributed by atoms with Gasteiger partial charge in [-0.15, -0.1) is 0 Å². The van der Waals surface area contributed by atoms with Crippen LogP contribution in [0.3, 0.4) is 0 Å². The molecule has 1 rings (SSSR count). The van der Waals surface area contributed by atoms with Crippen molar-refractivity contribution in [3.8, 4) is 12.4 Å². The Morgan fingerprint density at radius 2 is 1.94 bits per heavy atom. The second-order valence-electron chi connectivity index (χ2n) is 2.81. The lowest BCUT2D eigenvalue weighted by Gasteiger charge is -2.16. The molecule has 0 atom stereocenters. The van der Waals surface area contributed by atoms with Crippen molar-refractivity contribution in [2.24, 2.45) is 9.98 Å². The Morgan fingerprint density at radius 1 is 1.31 bits per heavy atom. The summed E-state index contributed by atoms with van der Waals surface area (Å²) in [5.41, 5.74) is 1.62. The molecule has 0 fully saturated rings. The number of hydrogen-bond acceptors (Lipinski definition) is 5. The van der Waals surface area contributed by atoms with Crippen LogP contribution >= 0.6 is 15.9 Å².